The van der Waals surface area contributed by atoms with Crippen LogP contribution in [0.25, 0.3) is 0 Å². The molecule has 0 bridgehead atoms. The number of hydrogen-bond acceptors (Lipinski definition) is 7. The molecule has 0 aliphatic rings. The lowest BCUT2D eigenvalue weighted by molar-refractivity contribution is -0.145. The quantitative estimate of drug-likeness (QED) is 0.0673. The maximum absolute atomic E-state index is 12.5. The van der Waals surface area contributed by atoms with Crippen LogP contribution >= 0.6 is 0 Å². The Bertz CT molecular complexity index is 612. The normalized spacial score (nSPS) is 13.1. The zero-order valence-corrected chi connectivity index (χ0v) is 28.2. The molecule has 0 amide bonds. The summed E-state index contributed by atoms with van der Waals surface area (Å²) in [5.41, 5.74) is 0. The van der Waals surface area contributed by atoms with Crippen molar-refractivity contribution < 1.29 is 23.8 Å². The molecule has 7 heteroatoms. The summed E-state index contributed by atoms with van der Waals surface area (Å²) < 4.78 is 16.8. The van der Waals surface area contributed by atoms with Gasteiger partial charge in [0.05, 0.1) is 6.61 Å². The fourth-order valence-electron chi connectivity index (χ4n) is 5.14. The largest absolute Gasteiger partial charge is 0.508 e. The standard InChI is InChI=1S/C34H68N2O5/c1-8-13-16-17-21-31(20-14-9-2)29-40-33(37)24-19-18-23-32(22-15-10-3)41-34(38)39-28-27-36(30(6)7)26-25-35(11-4)12-5/h30-32H,8-29H2,1-7H3. The fraction of sp³-hybridized carbons (Fsp3) is 0.941. The minimum absolute atomic E-state index is 0.0961. The van der Waals surface area contributed by atoms with E-state index in [1.807, 2.05) is 0 Å². The highest BCUT2D eigenvalue weighted by Crippen LogP contribution is 2.19. The van der Waals surface area contributed by atoms with Gasteiger partial charge in [0, 0.05) is 32.1 Å². The molecule has 0 aromatic rings. The maximum atomic E-state index is 12.5. The Kier molecular flexibility index (Phi) is 26.6. The molecule has 2 unspecified atom stereocenters. The minimum Gasteiger partial charge on any atom is -0.465 e. The van der Waals surface area contributed by atoms with Gasteiger partial charge in [-0.25, -0.2) is 4.79 Å². The Labute approximate surface area is 254 Å². The van der Waals surface area contributed by atoms with Crippen LogP contribution in [0.15, 0.2) is 0 Å². The van der Waals surface area contributed by atoms with Crippen LogP contribution in [0.1, 0.15) is 145 Å². The summed E-state index contributed by atoms with van der Waals surface area (Å²) in [6.45, 7) is 21.0. The number of hydrogen-bond donors (Lipinski definition) is 0. The fourth-order valence-corrected chi connectivity index (χ4v) is 5.14. The summed E-state index contributed by atoms with van der Waals surface area (Å²) >= 11 is 0. The number of carbonyl (C=O) groups excluding carboxylic acids is 2. The molecule has 0 saturated heterocycles. The third-order valence-corrected chi connectivity index (χ3v) is 8.14. The first-order chi connectivity index (χ1) is 19.8. The van der Waals surface area contributed by atoms with Gasteiger partial charge in [-0.1, -0.05) is 86.0 Å². The van der Waals surface area contributed by atoms with Gasteiger partial charge in [0.2, 0.25) is 0 Å². The summed E-state index contributed by atoms with van der Waals surface area (Å²) in [5, 5.41) is 0. The highest BCUT2D eigenvalue weighted by molar-refractivity contribution is 5.69. The topological polar surface area (TPSA) is 68.3 Å². The van der Waals surface area contributed by atoms with Gasteiger partial charge >= 0.3 is 12.1 Å². The van der Waals surface area contributed by atoms with Crippen LogP contribution in [0.3, 0.4) is 0 Å². The molecule has 0 saturated carbocycles. The Balaban J connectivity index is 4.42. The van der Waals surface area contributed by atoms with Crippen molar-refractivity contribution in [2.45, 2.75) is 157 Å². The van der Waals surface area contributed by atoms with E-state index in [2.05, 4.69) is 58.3 Å². The molecule has 0 fully saturated rings. The van der Waals surface area contributed by atoms with Gasteiger partial charge in [0.15, 0.2) is 0 Å². The van der Waals surface area contributed by atoms with Gasteiger partial charge in [0.25, 0.3) is 0 Å². The lowest BCUT2D eigenvalue weighted by Crippen LogP contribution is -2.40. The van der Waals surface area contributed by atoms with Crippen molar-refractivity contribution >= 4 is 12.1 Å². The monoisotopic (exact) mass is 585 g/mol. The first kappa shape index (κ1) is 39.7. The molecule has 0 aromatic carbocycles. The molecule has 0 aromatic heterocycles. The molecule has 7 nitrogen and oxygen atoms in total. The zero-order chi connectivity index (χ0) is 30.7. The number of rotatable bonds is 28. The molecule has 0 spiro atoms. The summed E-state index contributed by atoms with van der Waals surface area (Å²) in [4.78, 5) is 29.6. The molecule has 0 aliphatic heterocycles. The van der Waals surface area contributed by atoms with Gasteiger partial charge in [-0.3, -0.25) is 9.69 Å². The van der Waals surface area contributed by atoms with E-state index >= 15 is 0 Å². The molecule has 0 N–H and O–H groups in total. The molecule has 0 heterocycles. The second-order valence-corrected chi connectivity index (χ2v) is 11.9. The third-order valence-electron chi connectivity index (χ3n) is 8.14. The van der Waals surface area contributed by atoms with Crippen molar-refractivity contribution in [2.24, 2.45) is 5.92 Å². The molecule has 0 aliphatic carbocycles. The van der Waals surface area contributed by atoms with Crippen LogP contribution < -0.4 is 0 Å². The van der Waals surface area contributed by atoms with Crippen LogP contribution in [0.4, 0.5) is 4.79 Å². The van der Waals surface area contributed by atoms with Gasteiger partial charge in [-0.2, -0.15) is 0 Å². The molecule has 0 radical (unpaired) electrons. The predicted octanol–water partition coefficient (Wildman–Crippen LogP) is 8.63. The molecular weight excluding hydrogens is 516 g/mol. The average molecular weight is 585 g/mol. The minimum atomic E-state index is -0.574. The van der Waals surface area contributed by atoms with E-state index in [9.17, 15) is 9.59 Å². The van der Waals surface area contributed by atoms with Crippen molar-refractivity contribution in [1.29, 1.82) is 0 Å². The number of esters is 1. The van der Waals surface area contributed by atoms with Crippen molar-refractivity contribution in [3.05, 3.63) is 0 Å². The summed E-state index contributed by atoms with van der Waals surface area (Å²) in [7, 11) is 0. The second-order valence-electron chi connectivity index (χ2n) is 11.9. The van der Waals surface area contributed by atoms with Crippen LogP contribution in [-0.4, -0.2) is 80.0 Å². The second kappa shape index (κ2) is 27.5. The van der Waals surface area contributed by atoms with Crippen molar-refractivity contribution in [1.82, 2.24) is 9.80 Å². The maximum Gasteiger partial charge on any atom is 0.508 e. The van der Waals surface area contributed by atoms with E-state index in [0.29, 0.717) is 38.1 Å². The Morgan fingerprint density at radius 1 is 0.659 bits per heavy atom. The Hall–Kier alpha value is -1.34. The first-order valence-corrected chi connectivity index (χ1v) is 17.3. The molecular formula is C34H68N2O5. The molecule has 244 valence electrons. The van der Waals surface area contributed by atoms with Crippen molar-refractivity contribution in [2.75, 3.05) is 45.9 Å². The van der Waals surface area contributed by atoms with Gasteiger partial charge in [0.1, 0.15) is 12.7 Å². The number of carbonyl (C=O) groups is 2. The molecule has 2 atom stereocenters. The number of likely N-dealkylation sites (N-methyl/N-ethyl adjacent to an activating group) is 1. The highest BCUT2D eigenvalue weighted by Gasteiger charge is 2.18. The summed E-state index contributed by atoms with van der Waals surface area (Å²) in [5.74, 6) is 0.393. The predicted molar refractivity (Wildman–Crippen MR) is 171 cm³/mol. The zero-order valence-electron chi connectivity index (χ0n) is 28.2. The lowest BCUT2D eigenvalue weighted by Gasteiger charge is -2.29. The number of ether oxygens (including phenoxy) is 3. The number of unbranched alkanes of at least 4 members (excludes halogenated alkanes) is 6. The molecule has 0 rings (SSSR count). The summed E-state index contributed by atoms with van der Waals surface area (Å²) in [6.07, 6.45) is 14.6. The van der Waals surface area contributed by atoms with E-state index in [1.165, 1.54) is 38.5 Å². The Morgan fingerprint density at radius 2 is 1.27 bits per heavy atom. The van der Waals surface area contributed by atoms with Crippen LogP contribution in [0.2, 0.25) is 0 Å². The van der Waals surface area contributed by atoms with E-state index in [-0.39, 0.29) is 12.1 Å². The van der Waals surface area contributed by atoms with Gasteiger partial charge in [-0.05, 0) is 71.4 Å². The van der Waals surface area contributed by atoms with Crippen LogP contribution in [-0.2, 0) is 19.0 Å². The average Bonchev–Trinajstić information content (AvgIpc) is 2.96. The van der Waals surface area contributed by atoms with E-state index in [0.717, 1.165) is 77.5 Å². The van der Waals surface area contributed by atoms with Crippen LogP contribution in [0.5, 0.6) is 0 Å². The number of nitrogens with zero attached hydrogens (tertiary/aromatic N) is 2. The summed E-state index contributed by atoms with van der Waals surface area (Å²) in [6, 6.07) is 0.391. The van der Waals surface area contributed by atoms with Gasteiger partial charge < -0.3 is 19.1 Å². The lowest BCUT2D eigenvalue weighted by atomic mass is 9.96. The first-order valence-electron chi connectivity index (χ1n) is 17.3. The van der Waals surface area contributed by atoms with Crippen molar-refractivity contribution in [3.8, 4) is 0 Å². The Morgan fingerprint density at radius 3 is 1.90 bits per heavy atom. The van der Waals surface area contributed by atoms with Crippen molar-refractivity contribution in [3.63, 3.8) is 0 Å². The van der Waals surface area contributed by atoms with Crippen LogP contribution in [0, 0.1) is 5.92 Å². The molecule has 41 heavy (non-hydrogen) atoms. The van der Waals surface area contributed by atoms with E-state index in [4.69, 9.17) is 14.2 Å². The van der Waals surface area contributed by atoms with E-state index < -0.39 is 6.16 Å². The smallest absolute Gasteiger partial charge is 0.465 e. The third kappa shape index (κ3) is 22.9. The van der Waals surface area contributed by atoms with Gasteiger partial charge in [-0.15, -0.1) is 0 Å². The SMILES string of the molecule is CCCCCCC(CCCC)COC(=O)CCCCC(CCCC)OC(=O)OCCN(CCN(CC)CC)C(C)C. The van der Waals surface area contributed by atoms with E-state index in [1.54, 1.807) is 0 Å². The highest BCUT2D eigenvalue weighted by atomic mass is 16.7.